The van der Waals surface area contributed by atoms with E-state index in [0.29, 0.717) is 0 Å². The second-order valence-electron chi connectivity index (χ2n) is 2.35. The average Bonchev–Trinajstić information content (AvgIpc) is 2.47. The molecular formula is C7H5BrClN3S. The molecule has 6 heteroatoms. The quantitative estimate of drug-likeness (QED) is 0.814. The lowest BCUT2D eigenvalue weighted by Crippen LogP contribution is -1.94. The molecule has 0 radical (unpaired) electrons. The van der Waals surface area contributed by atoms with E-state index in [1.165, 1.54) is 0 Å². The number of nitrogens with zero attached hydrogens (tertiary/aromatic N) is 2. The molecule has 0 saturated carbocycles. The van der Waals surface area contributed by atoms with Crippen molar-refractivity contribution >= 4 is 54.9 Å². The van der Waals surface area contributed by atoms with Crippen LogP contribution in [0.25, 0.3) is 10.2 Å². The van der Waals surface area contributed by atoms with E-state index in [1.54, 1.807) is 11.3 Å². The first-order valence-corrected chi connectivity index (χ1v) is 5.55. The predicted molar refractivity (Wildman–Crippen MR) is 59.7 cm³/mol. The van der Waals surface area contributed by atoms with Crippen LogP contribution in [0.5, 0.6) is 0 Å². The van der Waals surface area contributed by atoms with Gasteiger partial charge in [0.1, 0.15) is 11.3 Å². The molecule has 1 N–H and O–H groups in total. The van der Waals surface area contributed by atoms with E-state index in [2.05, 4.69) is 31.2 Å². The summed E-state index contributed by atoms with van der Waals surface area (Å²) in [5.41, 5.74) is 0.856. The van der Waals surface area contributed by atoms with E-state index >= 15 is 0 Å². The molecule has 0 atom stereocenters. The number of aromatic nitrogens is 2. The number of halogens is 2. The molecule has 0 aromatic carbocycles. The lowest BCUT2D eigenvalue weighted by Gasteiger charge is -2.00. The highest BCUT2D eigenvalue weighted by atomic mass is 79.9. The Morgan fingerprint density at radius 1 is 1.54 bits per heavy atom. The van der Waals surface area contributed by atoms with Crippen LogP contribution < -0.4 is 5.32 Å². The number of rotatable bonds is 1. The summed E-state index contributed by atoms with van der Waals surface area (Å²) in [6, 6.07) is 0. The molecule has 2 heterocycles. The van der Waals surface area contributed by atoms with E-state index in [-0.39, 0.29) is 5.28 Å². The van der Waals surface area contributed by atoms with Crippen molar-refractivity contribution < 1.29 is 0 Å². The molecule has 2 aromatic rings. The first-order valence-electron chi connectivity index (χ1n) is 3.50. The zero-order chi connectivity index (χ0) is 9.42. The van der Waals surface area contributed by atoms with Gasteiger partial charge in [0.15, 0.2) is 0 Å². The Morgan fingerprint density at radius 3 is 3.00 bits per heavy atom. The molecule has 0 aliphatic carbocycles. The molecular weight excluding hydrogens is 274 g/mol. The standard InChI is InChI=1S/C7H5BrClN3S/c1-10-6-5-4(3(8)2-13-5)11-7(9)12-6/h2H,1H3,(H,10,11,12). The van der Waals surface area contributed by atoms with Crippen molar-refractivity contribution in [2.45, 2.75) is 0 Å². The van der Waals surface area contributed by atoms with Gasteiger partial charge in [-0.25, -0.2) is 4.98 Å². The summed E-state index contributed by atoms with van der Waals surface area (Å²) in [5.74, 6) is 0.769. The summed E-state index contributed by atoms with van der Waals surface area (Å²) in [7, 11) is 1.81. The zero-order valence-corrected chi connectivity index (χ0v) is 9.79. The van der Waals surface area contributed by atoms with Gasteiger partial charge in [-0.2, -0.15) is 4.98 Å². The van der Waals surface area contributed by atoms with Crippen molar-refractivity contribution in [3.05, 3.63) is 15.1 Å². The summed E-state index contributed by atoms with van der Waals surface area (Å²) >= 11 is 10.7. The summed E-state index contributed by atoms with van der Waals surface area (Å²) < 4.78 is 1.96. The summed E-state index contributed by atoms with van der Waals surface area (Å²) in [6.07, 6.45) is 0. The van der Waals surface area contributed by atoms with Crippen LogP contribution in [0.2, 0.25) is 5.28 Å². The zero-order valence-electron chi connectivity index (χ0n) is 6.64. The Balaban J connectivity index is 2.84. The van der Waals surface area contributed by atoms with Gasteiger partial charge in [0.2, 0.25) is 5.28 Å². The van der Waals surface area contributed by atoms with Gasteiger partial charge in [-0.3, -0.25) is 0 Å². The number of fused-ring (bicyclic) bond motifs is 1. The van der Waals surface area contributed by atoms with E-state index in [9.17, 15) is 0 Å². The van der Waals surface area contributed by atoms with Gasteiger partial charge in [-0.05, 0) is 27.5 Å². The van der Waals surface area contributed by atoms with Crippen molar-refractivity contribution in [2.75, 3.05) is 12.4 Å². The van der Waals surface area contributed by atoms with Crippen LogP contribution in [0.4, 0.5) is 5.82 Å². The molecule has 0 bridgehead atoms. The molecule has 0 saturated heterocycles. The van der Waals surface area contributed by atoms with Gasteiger partial charge < -0.3 is 5.32 Å². The SMILES string of the molecule is CNc1nc(Cl)nc2c(Br)csc12. The van der Waals surface area contributed by atoms with Crippen molar-refractivity contribution in [1.82, 2.24) is 9.97 Å². The molecule has 0 aliphatic heterocycles. The molecule has 2 rings (SSSR count). The van der Waals surface area contributed by atoms with Gasteiger partial charge in [0, 0.05) is 12.4 Å². The number of hydrogen-bond donors (Lipinski definition) is 1. The fourth-order valence-corrected chi connectivity index (χ4v) is 2.76. The number of anilines is 1. The number of hydrogen-bond acceptors (Lipinski definition) is 4. The third-order valence-corrected chi connectivity index (χ3v) is 3.63. The minimum absolute atomic E-state index is 0.260. The third-order valence-electron chi connectivity index (χ3n) is 1.58. The molecule has 0 fully saturated rings. The fourth-order valence-electron chi connectivity index (χ4n) is 1.03. The van der Waals surface area contributed by atoms with Crippen molar-refractivity contribution in [3.63, 3.8) is 0 Å². The minimum atomic E-state index is 0.260. The molecule has 2 aromatic heterocycles. The monoisotopic (exact) mass is 277 g/mol. The van der Waals surface area contributed by atoms with Gasteiger partial charge in [-0.15, -0.1) is 11.3 Å². The van der Waals surface area contributed by atoms with E-state index in [4.69, 9.17) is 11.6 Å². The summed E-state index contributed by atoms with van der Waals surface area (Å²) in [5, 5.41) is 5.21. The maximum absolute atomic E-state index is 5.75. The smallest absolute Gasteiger partial charge is 0.225 e. The largest absolute Gasteiger partial charge is 0.372 e. The first-order chi connectivity index (χ1) is 6.22. The Kier molecular flexibility index (Phi) is 2.40. The van der Waals surface area contributed by atoms with Crippen LogP contribution in [-0.2, 0) is 0 Å². The molecule has 0 aliphatic rings. The molecule has 0 unspecified atom stereocenters. The Hall–Kier alpha value is -0.390. The lowest BCUT2D eigenvalue weighted by molar-refractivity contribution is 1.21. The van der Waals surface area contributed by atoms with Crippen LogP contribution in [0, 0.1) is 0 Å². The van der Waals surface area contributed by atoms with Gasteiger partial charge in [0.25, 0.3) is 0 Å². The molecule has 3 nitrogen and oxygen atoms in total. The summed E-state index contributed by atoms with van der Waals surface area (Å²) in [4.78, 5) is 8.19. The number of thiophene rings is 1. The van der Waals surface area contributed by atoms with Crippen molar-refractivity contribution in [1.29, 1.82) is 0 Å². The van der Waals surface area contributed by atoms with Gasteiger partial charge in [-0.1, -0.05) is 0 Å². The van der Waals surface area contributed by atoms with Crippen LogP contribution in [0.1, 0.15) is 0 Å². The minimum Gasteiger partial charge on any atom is -0.372 e. The van der Waals surface area contributed by atoms with E-state index in [0.717, 1.165) is 20.5 Å². The van der Waals surface area contributed by atoms with Gasteiger partial charge >= 0.3 is 0 Å². The summed E-state index contributed by atoms with van der Waals surface area (Å²) in [6.45, 7) is 0. The van der Waals surface area contributed by atoms with Gasteiger partial charge in [0.05, 0.1) is 9.17 Å². The van der Waals surface area contributed by atoms with E-state index in [1.807, 2.05) is 12.4 Å². The number of nitrogens with one attached hydrogen (secondary N) is 1. The van der Waals surface area contributed by atoms with Crippen molar-refractivity contribution in [2.24, 2.45) is 0 Å². The predicted octanol–water partition coefficient (Wildman–Crippen LogP) is 3.15. The molecule has 0 spiro atoms. The van der Waals surface area contributed by atoms with E-state index < -0.39 is 0 Å². The highest BCUT2D eigenvalue weighted by Crippen LogP contribution is 2.33. The normalized spacial score (nSPS) is 10.7. The Morgan fingerprint density at radius 2 is 2.31 bits per heavy atom. The van der Waals surface area contributed by atoms with Crippen LogP contribution in [0.3, 0.4) is 0 Å². The van der Waals surface area contributed by atoms with Crippen LogP contribution in [0.15, 0.2) is 9.85 Å². The second kappa shape index (κ2) is 3.40. The van der Waals surface area contributed by atoms with Crippen LogP contribution >= 0.6 is 38.9 Å². The Labute approximate surface area is 92.3 Å². The average molecular weight is 279 g/mol. The molecule has 13 heavy (non-hydrogen) atoms. The maximum Gasteiger partial charge on any atom is 0.225 e. The van der Waals surface area contributed by atoms with Crippen LogP contribution in [-0.4, -0.2) is 17.0 Å². The molecule has 0 amide bonds. The molecule has 68 valence electrons. The first kappa shape index (κ1) is 9.18. The van der Waals surface area contributed by atoms with Crippen molar-refractivity contribution in [3.8, 4) is 0 Å². The third kappa shape index (κ3) is 1.51. The maximum atomic E-state index is 5.75. The second-order valence-corrected chi connectivity index (χ2v) is 4.42. The highest BCUT2D eigenvalue weighted by Gasteiger charge is 2.09. The topological polar surface area (TPSA) is 37.8 Å². The lowest BCUT2D eigenvalue weighted by atomic mass is 10.4. The Bertz CT molecular complexity index is 456. The fraction of sp³-hybridized carbons (Fsp3) is 0.143. The highest BCUT2D eigenvalue weighted by molar-refractivity contribution is 9.10.